The van der Waals surface area contributed by atoms with E-state index in [1.807, 2.05) is 0 Å². The van der Waals surface area contributed by atoms with Gasteiger partial charge in [-0.15, -0.1) is 0 Å². The van der Waals surface area contributed by atoms with Crippen molar-refractivity contribution in [2.24, 2.45) is 17.3 Å². The molecule has 0 saturated carbocycles. The molecule has 1 atom stereocenters. The van der Waals surface area contributed by atoms with Gasteiger partial charge in [-0.2, -0.15) is 0 Å². The maximum absolute atomic E-state index is 3.58. The molecule has 0 aromatic heterocycles. The molecular formula is C15H33N. The molecule has 0 rings (SSSR count). The minimum Gasteiger partial charge on any atom is -0.316 e. The third-order valence-electron chi connectivity index (χ3n) is 3.38. The summed E-state index contributed by atoms with van der Waals surface area (Å²) in [5.74, 6) is 1.67. The van der Waals surface area contributed by atoms with Gasteiger partial charge in [-0.25, -0.2) is 0 Å². The summed E-state index contributed by atoms with van der Waals surface area (Å²) in [5, 5.41) is 3.58. The standard InChI is InChI=1S/C15H33N/c1-7-11-16-12-14(15(4,5)6)10-8-9-13(2)3/h13-14,16H,7-12H2,1-6H3. The second kappa shape index (κ2) is 8.11. The van der Waals surface area contributed by atoms with Crippen LogP contribution in [0, 0.1) is 17.3 Å². The van der Waals surface area contributed by atoms with E-state index in [2.05, 4.69) is 46.9 Å². The van der Waals surface area contributed by atoms with Crippen molar-refractivity contribution in [3.8, 4) is 0 Å². The Morgan fingerprint density at radius 2 is 1.69 bits per heavy atom. The lowest BCUT2D eigenvalue weighted by Gasteiger charge is -2.31. The zero-order valence-corrected chi connectivity index (χ0v) is 12.4. The van der Waals surface area contributed by atoms with Crippen LogP contribution in [0.2, 0.25) is 0 Å². The van der Waals surface area contributed by atoms with E-state index in [4.69, 9.17) is 0 Å². The molecule has 0 heterocycles. The van der Waals surface area contributed by atoms with Gasteiger partial charge in [0.1, 0.15) is 0 Å². The van der Waals surface area contributed by atoms with Gasteiger partial charge < -0.3 is 5.32 Å². The van der Waals surface area contributed by atoms with E-state index in [1.165, 1.54) is 32.2 Å². The molecule has 1 N–H and O–H groups in total. The Labute approximate surface area is 103 Å². The Kier molecular flexibility index (Phi) is 8.09. The highest BCUT2D eigenvalue weighted by Crippen LogP contribution is 2.30. The van der Waals surface area contributed by atoms with E-state index in [0.29, 0.717) is 5.41 Å². The predicted molar refractivity (Wildman–Crippen MR) is 74.8 cm³/mol. The molecule has 16 heavy (non-hydrogen) atoms. The van der Waals surface area contributed by atoms with Gasteiger partial charge in [0.2, 0.25) is 0 Å². The van der Waals surface area contributed by atoms with Crippen molar-refractivity contribution in [3.05, 3.63) is 0 Å². The van der Waals surface area contributed by atoms with Crippen molar-refractivity contribution in [3.63, 3.8) is 0 Å². The summed E-state index contributed by atoms with van der Waals surface area (Å²) < 4.78 is 0. The normalized spacial score (nSPS) is 14.4. The number of hydrogen-bond acceptors (Lipinski definition) is 1. The van der Waals surface area contributed by atoms with Crippen LogP contribution in [0.3, 0.4) is 0 Å². The van der Waals surface area contributed by atoms with Crippen LogP contribution in [0.25, 0.3) is 0 Å². The molecule has 0 aliphatic rings. The van der Waals surface area contributed by atoms with Crippen molar-refractivity contribution >= 4 is 0 Å². The zero-order valence-electron chi connectivity index (χ0n) is 12.4. The summed E-state index contributed by atoms with van der Waals surface area (Å²) in [6.07, 6.45) is 5.37. The monoisotopic (exact) mass is 227 g/mol. The average molecular weight is 227 g/mol. The highest BCUT2D eigenvalue weighted by atomic mass is 14.9. The van der Waals surface area contributed by atoms with Crippen LogP contribution in [0.4, 0.5) is 0 Å². The zero-order chi connectivity index (χ0) is 12.6. The molecule has 0 aromatic rings. The number of nitrogens with one attached hydrogen (secondary N) is 1. The van der Waals surface area contributed by atoms with E-state index in [-0.39, 0.29) is 0 Å². The second-order valence-electron chi connectivity index (χ2n) is 6.59. The van der Waals surface area contributed by atoms with Gasteiger partial charge in [0, 0.05) is 0 Å². The van der Waals surface area contributed by atoms with Gasteiger partial charge in [-0.1, -0.05) is 54.4 Å². The van der Waals surface area contributed by atoms with Crippen LogP contribution >= 0.6 is 0 Å². The van der Waals surface area contributed by atoms with Gasteiger partial charge in [0.05, 0.1) is 0 Å². The fourth-order valence-corrected chi connectivity index (χ4v) is 2.07. The smallest absolute Gasteiger partial charge is 0.00155 e. The van der Waals surface area contributed by atoms with Crippen LogP contribution in [-0.2, 0) is 0 Å². The fraction of sp³-hybridized carbons (Fsp3) is 1.00. The summed E-state index contributed by atoms with van der Waals surface area (Å²) in [6, 6.07) is 0. The summed E-state index contributed by atoms with van der Waals surface area (Å²) >= 11 is 0. The SMILES string of the molecule is CCCNCC(CCCC(C)C)C(C)(C)C. The average Bonchev–Trinajstić information content (AvgIpc) is 2.13. The van der Waals surface area contributed by atoms with Crippen LogP contribution in [0.5, 0.6) is 0 Å². The van der Waals surface area contributed by atoms with Gasteiger partial charge in [0.25, 0.3) is 0 Å². The molecule has 0 amide bonds. The van der Waals surface area contributed by atoms with E-state index < -0.39 is 0 Å². The molecule has 1 heteroatoms. The van der Waals surface area contributed by atoms with E-state index in [0.717, 1.165) is 18.4 Å². The third kappa shape index (κ3) is 8.15. The molecule has 0 aliphatic heterocycles. The van der Waals surface area contributed by atoms with Crippen molar-refractivity contribution in [2.45, 2.75) is 67.2 Å². The second-order valence-corrected chi connectivity index (χ2v) is 6.59. The molecule has 0 saturated heterocycles. The first-order valence-electron chi connectivity index (χ1n) is 7.08. The Hall–Kier alpha value is -0.0400. The Bertz CT molecular complexity index is 155. The van der Waals surface area contributed by atoms with Crippen LogP contribution < -0.4 is 5.32 Å². The molecule has 0 spiro atoms. The van der Waals surface area contributed by atoms with Crippen molar-refractivity contribution in [1.82, 2.24) is 5.32 Å². The first kappa shape index (κ1) is 16.0. The van der Waals surface area contributed by atoms with E-state index in [1.54, 1.807) is 0 Å². The highest BCUT2D eigenvalue weighted by Gasteiger charge is 2.23. The third-order valence-corrected chi connectivity index (χ3v) is 3.38. The molecule has 98 valence electrons. The van der Waals surface area contributed by atoms with Crippen LogP contribution in [0.15, 0.2) is 0 Å². The number of hydrogen-bond donors (Lipinski definition) is 1. The topological polar surface area (TPSA) is 12.0 Å². The molecule has 1 unspecified atom stereocenters. The quantitative estimate of drug-likeness (QED) is 0.603. The van der Waals surface area contributed by atoms with Gasteiger partial charge in [-0.3, -0.25) is 0 Å². The van der Waals surface area contributed by atoms with Crippen LogP contribution in [-0.4, -0.2) is 13.1 Å². The summed E-state index contributed by atoms with van der Waals surface area (Å²) in [4.78, 5) is 0. The lowest BCUT2D eigenvalue weighted by Crippen LogP contribution is -2.32. The maximum atomic E-state index is 3.58. The van der Waals surface area contributed by atoms with Gasteiger partial charge in [0.15, 0.2) is 0 Å². The summed E-state index contributed by atoms with van der Waals surface area (Å²) in [6.45, 7) is 16.4. The molecule has 0 fully saturated rings. The minimum absolute atomic E-state index is 0.442. The van der Waals surface area contributed by atoms with Crippen molar-refractivity contribution in [2.75, 3.05) is 13.1 Å². The molecule has 0 aliphatic carbocycles. The molecule has 0 radical (unpaired) electrons. The minimum atomic E-state index is 0.442. The van der Waals surface area contributed by atoms with Crippen LogP contribution in [0.1, 0.15) is 67.2 Å². The van der Waals surface area contributed by atoms with Crippen molar-refractivity contribution < 1.29 is 0 Å². The molecule has 0 bridgehead atoms. The first-order chi connectivity index (χ1) is 7.38. The fourth-order valence-electron chi connectivity index (χ4n) is 2.07. The highest BCUT2D eigenvalue weighted by molar-refractivity contribution is 4.76. The Balaban J connectivity index is 3.92. The first-order valence-corrected chi connectivity index (χ1v) is 7.08. The Morgan fingerprint density at radius 1 is 1.06 bits per heavy atom. The predicted octanol–water partition coefficient (Wildman–Crippen LogP) is 4.47. The number of rotatable bonds is 8. The molecule has 0 aromatic carbocycles. The lowest BCUT2D eigenvalue weighted by molar-refractivity contribution is 0.211. The summed E-state index contributed by atoms with van der Waals surface area (Å²) in [7, 11) is 0. The largest absolute Gasteiger partial charge is 0.316 e. The Morgan fingerprint density at radius 3 is 2.12 bits per heavy atom. The molecule has 1 nitrogen and oxygen atoms in total. The maximum Gasteiger partial charge on any atom is -0.00155 e. The van der Waals surface area contributed by atoms with Gasteiger partial charge >= 0.3 is 0 Å². The summed E-state index contributed by atoms with van der Waals surface area (Å²) in [5.41, 5.74) is 0.442. The molecular weight excluding hydrogens is 194 g/mol. The van der Waals surface area contributed by atoms with E-state index >= 15 is 0 Å². The van der Waals surface area contributed by atoms with Crippen molar-refractivity contribution in [1.29, 1.82) is 0 Å². The lowest BCUT2D eigenvalue weighted by atomic mass is 9.77. The van der Waals surface area contributed by atoms with Gasteiger partial charge in [-0.05, 0) is 43.2 Å². The van der Waals surface area contributed by atoms with E-state index in [9.17, 15) is 0 Å².